The van der Waals surface area contributed by atoms with Crippen LogP contribution in [0.5, 0.6) is 0 Å². The highest BCUT2D eigenvalue weighted by atomic mass is 16.3. The summed E-state index contributed by atoms with van der Waals surface area (Å²) in [5.74, 6) is 0.870. The molecule has 1 unspecified atom stereocenters. The predicted octanol–water partition coefficient (Wildman–Crippen LogP) is 4.31. The molecule has 1 aromatic carbocycles. The van der Waals surface area contributed by atoms with E-state index < -0.39 is 0 Å². The summed E-state index contributed by atoms with van der Waals surface area (Å²) in [5, 5.41) is 10.3. The van der Waals surface area contributed by atoms with Crippen LogP contribution in [0, 0.1) is 19.8 Å². The Morgan fingerprint density at radius 1 is 1.24 bits per heavy atom. The van der Waals surface area contributed by atoms with Crippen molar-refractivity contribution in [3.8, 4) is 0 Å². The summed E-state index contributed by atoms with van der Waals surface area (Å²) in [7, 11) is 0. The molecule has 0 amide bonds. The van der Waals surface area contributed by atoms with Crippen LogP contribution in [0.25, 0.3) is 0 Å². The van der Waals surface area contributed by atoms with Crippen LogP contribution in [0.15, 0.2) is 18.2 Å². The van der Waals surface area contributed by atoms with Gasteiger partial charge in [0.2, 0.25) is 0 Å². The Labute approximate surface area is 105 Å². The maximum absolute atomic E-state index is 10.3. The molecule has 0 spiro atoms. The molecule has 2 rings (SSSR count). The van der Waals surface area contributed by atoms with E-state index in [2.05, 4.69) is 32.0 Å². The molecular formula is C16H24O. The van der Waals surface area contributed by atoms with Crippen molar-refractivity contribution in [2.75, 3.05) is 0 Å². The van der Waals surface area contributed by atoms with E-state index >= 15 is 0 Å². The summed E-state index contributed by atoms with van der Waals surface area (Å²) in [5.41, 5.74) is 3.59. The van der Waals surface area contributed by atoms with Crippen molar-refractivity contribution in [2.24, 2.45) is 5.92 Å². The van der Waals surface area contributed by atoms with Crippen molar-refractivity contribution in [1.29, 1.82) is 0 Å². The zero-order chi connectivity index (χ0) is 12.3. The zero-order valence-electron chi connectivity index (χ0n) is 11.1. The second-order valence-electron chi connectivity index (χ2n) is 5.60. The number of hydrogen-bond acceptors (Lipinski definition) is 1. The molecular weight excluding hydrogens is 208 g/mol. The van der Waals surface area contributed by atoms with Gasteiger partial charge in [-0.3, -0.25) is 0 Å². The topological polar surface area (TPSA) is 20.2 Å². The van der Waals surface area contributed by atoms with Gasteiger partial charge >= 0.3 is 0 Å². The highest BCUT2D eigenvalue weighted by Gasteiger charge is 2.17. The largest absolute Gasteiger partial charge is 0.388 e. The van der Waals surface area contributed by atoms with E-state index in [-0.39, 0.29) is 6.10 Å². The van der Waals surface area contributed by atoms with Gasteiger partial charge in [0.15, 0.2) is 0 Å². The van der Waals surface area contributed by atoms with Crippen LogP contribution in [0.4, 0.5) is 0 Å². The number of aliphatic hydroxyl groups excluding tert-OH is 1. The number of hydrogen-bond donors (Lipinski definition) is 1. The summed E-state index contributed by atoms with van der Waals surface area (Å²) >= 11 is 0. The second kappa shape index (κ2) is 5.68. The van der Waals surface area contributed by atoms with Gasteiger partial charge in [-0.1, -0.05) is 49.4 Å². The molecule has 0 radical (unpaired) electrons. The van der Waals surface area contributed by atoms with Crippen molar-refractivity contribution in [3.63, 3.8) is 0 Å². The molecule has 1 aliphatic carbocycles. The fourth-order valence-electron chi connectivity index (χ4n) is 2.97. The third-order valence-corrected chi connectivity index (χ3v) is 4.12. The number of aryl methyl sites for hydroxylation is 2. The average molecular weight is 232 g/mol. The van der Waals surface area contributed by atoms with E-state index in [0.717, 1.165) is 17.9 Å². The first-order valence-corrected chi connectivity index (χ1v) is 6.92. The molecule has 1 heteroatoms. The summed E-state index contributed by atoms with van der Waals surface area (Å²) < 4.78 is 0. The van der Waals surface area contributed by atoms with Crippen molar-refractivity contribution < 1.29 is 5.11 Å². The first-order valence-electron chi connectivity index (χ1n) is 6.92. The monoisotopic (exact) mass is 232 g/mol. The van der Waals surface area contributed by atoms with Gasteiger partial charge in [-0.15, -0.1) is 0 Å². The lowest BCUT2D eigenvalue weighted by Gasteiger charge is -2.16. The minimum absolute atomic E-state index is 0.268. The van der Waals surface area contributed by atoms with Crippen molar-refractivity contribution in [2.45, 2.75) is 58.5 Å². The Morgan fingerprint density at radius 2 is 1.94 bits per heavy atom. The SMILES string of the molecule is Cc1ccc(C)c(C(O)CCC2CCCC2)c1. The highest BCUT2D eigenvalue weighted by Crippen LogP contribution is 2.32. The fourth-order valence-corrected chi connectivity index (χ4v) is 2.97. The lowest BCUT2D eigenvalue weighted by molar-refractivity contribution is 0.156. The first-order chi connectivity index (χ1) is 8.16. The normalized spacial score (nSPS) is 18.5. The number of benzene rings is 1. The van der Waals surface area contributed by atoms with Gasteiger partial charge in [0.25, 0.3) is 0 Å². The molecule has 1 nitrogen and oxygen atoms in total. The molecule has 0 heterocycles. The molecule has 0 aromatic heterocycles. The molecule has 1 fully saturated rings. The van der Waals surface area contributed by atoms with E-state index in [1.165, 1.54) is 43.2 Å². The van der Waals surface area contributed by atoms with Crippen LogP contribution in [-0.2, 0) is 0 Å². The van der Waals surface area contributed by atoms with Crippen LogP contribution in [0.1, 0.15) is 61.3 Å². The minimum atomic E-state index is -0.268. The highest BCUT2D eigenvalue weighted by molar-refractivity contribution is 5.32. The van der Waals surface area contributed by atoms with Crippen LogP contribution >= 0.6 is 0 Å². The molecule has 94 valence electrons. The quantitative estimate of drug-likeness (QED) is 0.820. The van der Waals surface area contributed by atoms with E-state index in [4.69, 9.17) is 0 Å². The van der Waals surface area contributed by atoms with Gasteiger partial charge in [-0.25, -0.2) is 0 Å². The lowest BCUT2D eigenvalue weighted by atomic mass is 9.93. The molecule has 1 saturated carbocycles. The van der Waals surface area contributed by atoms with Gasteiger partial charge < -0.3 is 5.11 Å². The average Bonchev–Trinajstić information content (AvgIpc) is 2.82. The Morgan fingerprint density at radius 3 is 2.65 bits per heavy atom. The molecule has 1 N–H and O–H groups in total. The molecule has 1 atom stereocenters. The van der Waals surface area contributed by atoms with Crippen molar-refractivity contribution >= 4 is 0 Å². The number of rotatable bonds is 4. The molecule has 0 bridgehead atoms. The molecule has 17 heavy (non-hydrogen) atoms. The number of aliphatic hydroxyl groups is 1. The van der Waals surface area contributed by atoms with Gasteiger partial charge in [-0.2, -0.15) is 0 Å². The molecule has 1 aliphatic rings. The van der Waals surface area contributed by atoms with Gasteiger partial charge in [0.1, 0.15) is 0 Å². The van der Waals surface area contributed by atoms with Crippen molar-refractivity contribution in [3.05, 3.63) is 34.9 Å². The van der Waals surface area contributed by atoms with E-state index in [1.807, 2.05) is 0 Å². The Hall–Kier alpha value is -0.820. The van der Waals surface area contributed by atoms with Gasteiger partial charge in [0.05, 0.1) is 6.10 Å². The van der Waals surface area contributed by atoms with Crippen LogP contribution in [0.2, 0.25) is 0 Å². The van der Waals surface area contributed by atoms with Crippen LogP contribution in [-0.4, -0.2) is 5.11 Å². The molecule has 0 saturated heterocycles. The predicted molar refractivity (Wildman–Crippen MR) is 72.1 cm³/mol. The summed E-state index contributed by atoms with van der Waals surface area (Å²) in [6, 6.07) is 6.36. The van der Waals surface area contributed by atoms with Crippen LogP contribution in [0.3, 0.4) is 0 Å². The maximum atomic E-state index is 10.3. The van der Waals surface area contributed by atoms with Gasteiger partial charge in [-0.05, 0) is 43.7 Å². The lowest BCUT2D eigenvalue weighted by Crippen LogP contribution is -2.03. The minimum Gasteiger partial charge on any atom is -0.388 e. The molecule has 0 aliphatic heterocycles. The Balaban J connectivity index is 1.93. The fraction of sp³-hybridized carbons (Fsp3) is 0.625. The zero-order valence-corrected chi connectivity index (χ0v) is 11.1. The summed E-state index contributed by atoms with van der Waals surface area (Å²) in [6.07, 6.45) is 7.38. The smallest absolute Gasteiger partial charge is 0.0792 e. The van der Waals surface area contributed by atoms with Crippen LogP contribution < -0.4 is 0 Å². The Bertz CT molecular complexity index is 364. The second-order valence-corrected chi connectivity index (χ2v) is 5.60. The van der Waals surface area contributed by atoms with E-state index in [0.29, 0.717) is 0 Å². The maximum Gasteiger partial charge on any atom is 0.0792 e. The standard InChI is InChI=1S/C16H24O/c1-12-7-8-13(2)15(11-12)16(17)10-9-14-5-3-4-6-14/h7-8,11,14,16-17H,3-6,9-10H2,1-2H3. The van der Waals surface area contributed by atoms with Crippen molar-refractivity contribution in [1.82, 2.24) is 0 Å². The van der Waals surface area contributed by atoms with Gasteiger partial charge in [0, 0.05) is 0 Å². The first kappa shape index (κ1) is 12.6. The summed E-state index contributed by atoms with van der Waals surface area (Å²) in [4.78, 5) is 0. The summed E-state index contributed by atoms with van der Waals surface area (Å²) in [6.45, 7) is 4.18. The third kappa shape index (κ3) is 3.32. The Kier molecular flexibility index (Phi) is 4.22. The van der Waals surface area contributed by atoms with E-state index in [9.17, 15) is 5.11 Å². The third-order valence-electron chi connectivity index (χ3n) is 4.12. The van der Waals surface area contributed by atoms with E-state index in [1.54, 1.807) is 0 Å². The molecule has 1 aromatic rings.